The quantitative estimate of drug-likeness (QED) is 0.765. The van der Waals surface area contributed by atoms with Gasteiger partial charge in [0.15, 0.2) is 0 Å². The van der Waals surface area contributed by atoms with Crippen LogP contribution in [0.4, 0.5) is 0 Å². The van der Waals surface area contributed by atoms with E-state index in [9.17, 15) is 13.2 Å². The highest BCUT2D eigenvalue weighted by molar-refractivity contribution is 7.87. The smallest absolute Gasteiger partial charge is 0.306 e. The second kappa shape index (κ2) is 7.58. The molecule has 0 aliphatic rings. The van der Waals surface area contributed by atoms with Crippen LogP contribution in [0, 0.1) is 0 Å². The summed E-state index contributed by atoms with van der Waals surface area (Å²) in [5, 5.41) is 0.493. The molecule has 0 unspecified atom stereocenters. The summed E-state index contributed by atoms with van der Waals surface area (Å²) in [7, 11) is -1.02. The maximum Gasteiger partial charge on any atom is 0.306 e. The third-order valence-electron chi connectivity index (χ3n) is 2.67. The monoisotopic (exact) mass is 320 g/mol. The minimum absolute atomic E-state index is 0.00000313. The lowest BCUT2D eigenvalue weighted by molar-refractivity contribution is -0.140. The molecule has 8 heteroatoms. The molecule has 0 bridgehead atoms. The molecule has 0 aromatic heterocycles. The Labute approximate surface area is 123 Å². The molecule has 0 atom stereocenters. The molecule has 0 aliphatic carbocycles. The molecule has 6 nitrogen and oxygen atoms in total. The Morgan fingerprint density at radius 1 is 1.40 bits per heavy atom. The highest BCUT2D eigenvalue weighted by Gasteiger charge is 2.18. The normalized spacial score (nSPS) is 11.6. The van der Waals surface area contributed by atoms with Gasteiger partial charge in [-0.1, -0.05) is 29.8 Å². The summed E-state index contributed by atoms with van der Waals surface area (Å²) in [6, 6.07) is 6.96. The van der Waals surface area contributed by atoms with Crippen molar-refractivity contribution in [2.24, 2.45) is 0 Å². The number of methoxy groups -OCH3 is 1. The molecule has 0 aliphatic heterocycles. The Bertz CT molecular complexity index is 562. The van der Waals surface area contributed by atoms with Crippen molar-refractivity contribution in [2.45, 2.75) is 13.0 Å². The van der Waals surface area contributed by atoms with E-state index < -0.39 is 16.2 Å². The largest absolute Gasteiger partial charge is 0.469 e. The van der Waals surface area contributed by atoms with Crippen LogP contribution in [0.1, 0.15) is 12.0 Å². The maximum absolute atomic E-state index is 11.9. The maximum atomic E-state index is 11.9. The van der Waals surface area contributed by atoms with E-state index in [4.69, 9.17) is 11.6 Å². The van der Waals surface area contributed by atoms with Crippen molar-refractivity contribution in [2.75, 3.05) is 20.7 Å². The predicted octanol–water partition coefficient (Wildman–Crippen LogP) is 1.17. The second-order valence-electron chi connectivity index (χ2n) is 4.07. The number of carbonyl (C=O) groups excluding carboxylic acids is 1. The summed E-state index contributed by atoms with van der Waals surface area (Å²) in [4.78, 5) is 11.0. The van der Waals surface area contributed by atoms with Crippen molar-refractivity contribution in [1.29, 1.82) is 0 Å². The minimum Gasteiger partial charge on any atom is -0.469 e. The summed E-state index contributed by atoms with van der Waals surface area (Å²) in [6.07, 6.45) is 0.00000313. The van der Waals surface area contributed by atoms with Gasteiger partial charge in [-0.25, -0.2) is 0 Å². The Hall–Kier alpha value is -1.15. The number of benzene rings is 1. The number of carbonyl (C=O) groups is 1. The summed E-state index contributed by atoms with van der Waals surface area (Å²) >= 11 is 5.94. The molecule has 0 saturated heterocycles. The van der Waals surface area contributed by atoms with Gasteiger partial charge in [0.05, 0.1) is 13.5 Å². The Balaban J connectivity index is 2.57. The third kappa shape index (κ3) is 5.09. The van der Waals surface area contributed by atoms with Crippen molar-refractivity contribution < 1.29 is 17.9 Å². The van der Waals surface area contributed by atoms with E-state index in [0.29, 0.717) is 10.6 Å². The lowest BCUT2D eigenvalue weighted by Crippen LogP contribution is -2.39. The zero-order valence-corrected chi connectivity index (χ0v) is 12.9. The topological polar surface area (TPSA) is 75.7 Å². The number of nitrogens with zero attached hydrogens (tertiary/aromatic N) is 1. The molecule has 0 heterocycles. The molecule has 112 valence electrons. The summed E-state index contributed by atoms with van der Waals surface area (Å²) in [5.41, 5.74) is 0.680. The van der Waals surface area contributed by atoms with Gasteiger partial charge in [-0.3, -0.25) is 4.79 Å². The first-order valence-electron chi connectivity index (χ1n) is 5.88. The third-order valence-corrected chi connectivity index (χ3v) is 4.55. The van der Waals surface area contributed by atoms with Crippen molar-refractivity contribution >= 4 is 27.8 Å². The molecule has 0 fully saturated rings. The van der Waals surface area contributed by atoms with Crippen LogP contribution in [0.3, 0.4) is 0 Å². The van der Waals surface area contributed by atoms with Crippen LogP contribution in [0.25, 0.3) is 0 Å². The minimum atomic E-state index is -3.66. The lowest BCUT2D eigenvalue weighted by Gasteiger charge is -2.17. The van der Waals surface area contributed by atoms with E-state index in [0.717, 1.165) is 4.31 Å². The molecule has 0 spiro atoms. The molecule has 1 N–H and O–H groups in total. The standard InChI is InChI=1S/C12H17ClN2O4S/c1-15(8-7-12(16)19-2)20(17,18)14-9-10-5-3-4-6-11(10)13/h3-6,14H,7-9H2,1-2H3. The second-order valence-corrected chi connectivity index (χ2v) is 6.33. The van der Waals surface area contributed by atoms with E-state index >= 15 is 0 Å². The van der Waals surface area contributed by atoms with Gasteiger partial charge in [0, 0.05) is 25.2 Å². The summed E-state index contributed by atoms with van der Waals surface area (Å²) in [6.45, 7) is 0.134. The van der Waals surface area contributed by atoms with Gasteiger partial charge >= 0.3 is 5.97 Å². The van der Waals surface area contributed by atoms with Crippen LogP contribution >= 0.6 is 11.6 Å². The fourth-order valence-electron chi connectivity index (χ4n) is 1.39. The number of esters is 1. The first-order chi connectivity index (χ1) is 9.36. The van der Waals surface area contributed by atoms with E-state index in [1.807, 2.05) is 0 Å². The Morgan fingerprint density at radius 3 is 2.65 bits per heavy atom. The van der Waals surface area contributed by atoms with Gasteiger partial charge in [-0.05, 0) is 11.6 Å². The zero-order valence-electron chi connectivity index (χ0n) is 11.3. The molecular weight excluding hydrogens is 304 g/mol. The predicted molar refractivity (Wildman–Crippen MR) is 76.5 cm³/mol. The first-order valence-corrected chi connectivity index (χ1v) is 7.69. The van der Waals surface area contributed by atoms with Gasteiger partial charge in [0.1, 0.15) is 0 Å². The van der Waals surface area contributed by atoms with Gasteiger partial charge < -0.3 is 4.74 Å². The van der Waals surface area contributed by atoms with Crippen molar-refractivity contribution in [3.05, 3.63) is 34.9 Å². The molecule has 1 rings (SSSR count). The van der Waals surface area contributed by atoms with Crippen molar-refractivity contribution in [3.63, 3.8) is 0 Å². The summed E-state index contributed by atoms with van der Waals surface area (Å²) < 4.78 is 31.8. The highest BCUT2D eigenvalue weighted by atomic mass is 35.5. The molecule has 20 heavy (non-hydrogen) atoms. The highest BCUT2D eigenvalue weighted by Crippen LogP contribution is 2.14. The van der Waals surface area contributed by atoms with Crippen LogP contribution in [0.5, 0.6) is 0 Å². The number of halogens is 1. The van der Waals surface area contributed by atoms with Crippen molar-refractivity contribution in [3.8, 4) is 0 Å². The Kier molecular flexibility index (Phi) is 6.41. The van der Waals surface area contributed by atoms with Gasteiger partial charge in [-0.15, -0.1) is 0 Å². The number of rotatable bonds is 7. The van der Waals surface area contributed by atoms with Gasteiger partial charge in [0.25, 0.3) is 10.2 Å². The van der Waals surface area contributed by atoms with Crippen LogP contribution in [-0.2, 0) is 26.3 Å². The van der Waals surface area contributed by atoms with E-state index in [-0.39, 0.29) is 19.5 Å². The number of nitrogens with one attached hydrogen (secondary N) is 1. The van der Waals surface area contributed by atoms with E-state index in [1.165, 1.54) is 14.2 Å². The zero-order chi connectivity index (χ0) is 15.2. The van der Waals surface area contributed by atoms with Crippen LogP contribution in [0.2, 0.25) is 5.02 Å². The fraction of sp³-hybridized carbons (Fsp3) is 0.417. The molecule has 1 aromatic rings. The number of hydrogen-bond acceptors (Lipinski definition) is 4. The average molecular weight is 321 g/mol. The summed E-state index contributed by atoms with van der Waals surface area (Å²) in [5.74, 6) is -0.460. The van der Waals surface area contributed by atoms with Crippen LogP contribution < -0.4 is 4.72 Å². The molecule has 0 radical (unpaired) electrons. The number of ether oxygens (including phenoxy) is 1. The molecule has 1 aromatic carbocycles. The fourth-order valence-corrected chi connectivity index (χ4v) is 2.48. The van der Waals surface area contributed by atoms with E-state index in [2.05, 4.69) is 9.46 Å². The molecular formula is C12H17ClN2O4S. The lowest BCUT2D eigenvalue weighted by atomic mass is 10.2. The first kappa shape index (κ1) is 16.9. The molecule has 0 amide bonds. The average Bonchev–Trinajstić information content (AvgIpc) is 2.43. The van der Waals surface area contributed by atoms with E-state index in [1.54, 1.807) is 24.3 Å². The van der Waals surface area contributed by atoms with Crippen LogP contribution in [-0.4, -0.2) is 39.4 Å². The van der Waals surface area contributed by atoms with Gasteiger partial charge in [-0.2, -0.15) is 17.4 Å². The van der Waals surface area contributed by atoms with Crippen molar-refractivity contribution in [1.82, 2.24) is 9.03 Å². The van der Waals surface area contributed by atoms with Gasteiger partial charge in [0.2, 0.25) is 0 Å². The SMILES string of the molecule is COC(=O)CCN(C)S(=O)(=O)NCc1ccccc1Cl. The van der Waals surface area contributed by atoms with Crippen LogP contribution in [0.15, 0.2) is 24.3 Å². The molecule has 0 saturated carbocycles. The number of hydrogen-bond donors (Lipinski definition) is 1. The Morgan fingerprint density at radius 2 is 2.05 bits per heavy atom.